The van der Waals surface area contributed by atoms with Crippen molar-refractivity contribution in [1.29, 1.82) is 0 Å². The van der Waals surface area contributed by atoms with Gasteiger partial charge in [-0.2, -0.15) is 0 Å². The number of ether oxygens (including phenoxy) is 1. The van der Waals surface area contributed by atoms with E-state index in [-0.39, 0.29) is 25.3 Å². The Kier molecular flexibility index (Phi) is 3.31. The highest BCUT2D eigenvalue weighted by atomic mass is 35.5. The van der Waals surface area contributed by atoms with Gasteiger partial charge in [0, 0.05) is 11.6 Å². The lowest BCUT2D eigenvalue weighted by molar-refractivity contribution is 0.151. The van der Waals surface area contributed by atoms with Crippen LogP contribution in [0.15, 0.2) is 24.3 Å². The zero-order valence-electron chi connectivity index (χ0n) is 8.60. The summed E-state index contributed by atoms with van der Waals surface area (Å²) in [5.41, 5.74) is 0.921. The number of aliphatic hydroxyl groups is 1. The summed E-state index contributed by atoms with van der Waals surface area (Å²) in [5.74, 6) is 0. The second-order valence-electron chi connectivity index (χ2n) is 3.67. The summed E-state index contributed by atoms with van der Waals surface area (Å²) in [5, 5.41) is 9.72. The number of cyclic esters (lactones) is 1. The van der Waals surface area contributed by atoms with Gasteiger partial charge in [-0.25, -0.2) is 4.79 Å². The van der Waals surface area contributed by atoms with Gasteiger partial charge in [0.05, 0.1) is 12.6 Å². The third-order valence-electron chi connectivity index (χ3n) is 2.53. The minimum Gasteiger partial charge on any atom is -0.447 e. The van der Waals surface area contributed by atoms with Gasteiger partial charge in [-0.3, -0.25) is 4.90 Å². The number of nitrogens with zero attached hydrogens (tertiary/aromatic N) is 1. The largest absolute Gasteiger partial charge is 0.447 e. The lowest BCUT2D eigenvalue weighted by Crippen LogP contribution is -2.35. The topological polar surface area (TPSA) is 49.8 Å². The number of hydrogen-bond acceptors (Lipinski definition) is 3. The Morgan fingerprint density at radius 1 is 1.56 bits per heavy atom. The first-order valence-electron chi connectivity index (χ1n) is 4.99. The number of aliphatic hydroxyl groups excluding tert-OH is 1. The maximum atomic E-state index is 11.4. The first-order chi connectivity index (χ1) is 7.70. The fourth-order valence-electron chi connectivity index (χ4n) is 1.67. The predicted molar refractivity (Wildman–Crippen MR) is 59.2 cm³/mol. The maximum absolute atomic E-state index is 11.4. The average Bonchev–Trinajstić information content (AvgIpc) is 2.60. The zero-order valence-corrected chi connectivity index (χ0v) is 9.35. The highest BCUT2D eigenvalue weighted by Gasteiger charge is 2.32. The molecule has 5 heteroatoms. The SMILES string of the molecule is O=C1OCC(CO)N1Cc1cccc(Cl)c1. The van der Waals surface area contributed by atoms with Gasteiger partial charge in [0.1, 0.15) is 6.61 Å². The molecule has 1 unspecified atom stereocenters. The van der Waals surface area contributed by atoms with Crippen LogP contribution in [0.2, 0.25) is 5.02 Å². The lowest BCUT2D eigenvalue weighted by Gasteiger charge is -2.19. The van der Waals surface area contributed by atoms with Crippen LogP contribution in [0.1, 0.15) is 5.56 Å². The van der Waals surface area contributed by atoms with Crippen molar-refractivity contribution in [3.63, 3.8) is 0 Å². The van der Waals surface area contributed by atoms with Gasteiger partial charge in [-0.15, -0.1) is 0 Å². The van der Waals surface area contributed by atoms with Crippen LogP contribution in [0.3, 0.4) is 0 Å². The average molecular weight is 242 g/mol. The number of benzene rings is 1. The molecular weight excluding hydrogens is 230 g/mol. The van der Waals surface area contributed by atoms with Gasteiger partial charge in [-0.1, -0.05) is 23.7 Å². The third kappa shape index (κ3) is 2.28. The van der Waals surface area contributed by atoms with Gasteiger partial charge < -0.3 is 9.84 Å². The van der Waals surface area contributed by atoms with Crippen LogP contribution in [-0.2, 0) is 11.3 Å². The Morgan fingerprint density at radius 3 is 3.06 bits per heavy atom. The highest BCUT2D eigenvalue weighted by molar-refractivity contribution is 6.30. The fraction of sp³-hybridized carbons (Fsp3) is 0.364. The van der Waals surface area contributed by atoms with Crippen LogP contribution in [0.25, 0.3) is 0 Å². The number of carbonyl (C=O) groups excluding carboxylic acids is 1. The van der Waals surface area contributed by atoms with Crippen LogP contribution < -0.4 is 0 Å². The zero-order chi connectivity index (χ0) is 11.5. The summed E-state index contributed by atoms with van der Waals surface area (Å²) in [6.07, 6.45) is -0.390. The number of hydrogen-bond donors (Lipinski definition) is 1. The normalized spacial score (nSPS) is 20.0. The van der Waals surface area contributed by atoms with Crippen LogP contribution in [-0.4, -0.2) is 35.4 Å². The molecule has 0 bridgehead atoms. The van der Waals surface area contributed by atoms with Crippen LogP contribution >= 0.6 is 11.6 Å². The van der Waals surface area contributed by atoms with Gasteiger partial charge >= 0.3 is 6.09 Å². The molecule has 0 radical (unpaired) electrons. The first kappa shape index (κ1) is 11.2. The smallest absolute Gasteiger partial charge is 0.410 e. The first-order valence-corrected chi connectivity index (χ1v) is 5.37. The molecule has 1 heterocycles. The third-order valence-corrected chi connectivity index (χ3v) is 2.76. The molecule has 0 saturated carbocycles. The van der Waals surface area contributed by atoms with Crippen molar-refractivity contribution in [2.24, 2.45) is 0 Å². The summed E-state index contributed by atoms with van der Waals surface area (Å²) >= 11 is 5.85. The molecule has 1 saturated heterocycles. The Labute approximate surface area is 98.4 Å². The molecule has 16 heavy (non-hydrogen) atoms. The Bertz CT molecular complexity index is 397. The standard InChI is InChI=1S/C11H12ClNO3/c12-9-3-1-2-8(4-9)5-13-10(6-14)7-16-11(13)15/h1-4,10,14H,5-7H2. The summed E-state index contributed by atoms with van der Waals surface area (Å²) in [7, 11) is 0. The molecule has 1 N–H and O–H groups in total. The number of rotatable bonds is 3. The van der Waals surface area contributed by atoms with Crippen molar-refractivity contribution < 1.29 is 14.6 Å². The second-order valence-corrected chi connectivity index (χ2v) is 4.11. The molecule has 1 aromatic carbocycles. The quantitative estimate of drug-likeness (QED) is 0.876. The second kappa shape index (κ2) is 4.72. The van der Waals surface area contributed by atoms with E-state index in [4.69, 9.17) is 21.4 Å². The van der Waals surface area contributed by atoms with E-state index < -0.39 is 0 Å². The molecule has 1 fully saturated rings. The molecule has 4 nitrogen and oxygen atoms in total. The Balaban J connectivity index is 2.11. The molecule has 0 aliphatic carbocycles. The summed E-state index contributed by atoms with van der Waals surface area (Å²) in [6, 6.07) is 7.02. The number of halogens is 1. The molecule has 2 rings (SSSR count). The fourth-order valence-corrected chi connectivity index (χ4v) is 1.88. The van der Waals surface area contributed by atoms with Crippen LogP contribution in [0, 0.1) is 0 Å². The van der Waals surface area contributed by atoms with E-state index in [1.165, 1.54) is 4.90 Å². The van der Waals surface area contributed by atoms with Crippen molar-refractivity contribution in [1.82, 2.24) is 4.90 Å². The predicted octanol–water partition coefficient (Wildman–Crippen LogP) is 1.65. The van der Waals surface area contributed by atoms with E-state index in [1.54, 1.807) is 12.1 Å². The molecule has 86 valence electrons. The highest BCUT2D eigenvalue weighted by Crippen LogP contribution is 2.18. The van der Waals surface area contributed by atoms with Gasteiger partial charge in [0.15, 0.2) is 0 Å². The van der Waals surface area contributed by atoms with Crippen LogP contribution in [0.5, 0.6) is 0 Å². The molecule has 1 aliphatic heterocycles. The van der Waals surface area contributed by atoms with E-state index >= 15 is 0 Å². The molecular formula is C11H12ClNO3. The van der Waals surface area contributed by atoms with E-state index in [0.29, 0.717) is 11.6 Å². The molecule has 0 spiro atoms. The van der Waals surface area contributed by atoms with Crippen molar-refractivity contribution >= 4 is 17.7 Å². The van der Waals surface area contributed by atoms with Gasteiger partial charge in [0.25, 0.3) is 0 Å². The minimum absolute atomic E-state index is 0.0910. The molecule has 1 aromatic rings. The molecule has 1 amide bonds. The van der Waals surface area contributed by atoms with Gasteiger partial charge in [-0.05, 0) is 17.7 Å². The Morgan fingerprint density at radius 2 is 2.38 bits per heavy atom. The van der Waals surface area contributed by atoms with Crippen molar-refractivity contribution in [2.75, 3.05) is 13.2 Å². The summed E-state index contributed by atoms with van der Waals surface area (Å²) < 4.78 is 4.87. The summed E-state index contributed by atoms with van der Waals surface area (Å²) in [4.78, 5) is 12.9. The molecule has 1 atom stereocenters. The Hall–Kier alpha value is -1.26. The van der Waals surface area contributed by atoms with Gasteiger partial charge in [0.2, 0.25) is 0 Å². The molecule has 0 aromatic heterocycles. The van der Waals surface area contributed by atoms with E-state index in [2.05, 4.69) is 0 Å². The van der Waals surface area contributed by atoms with Crippen molar-refractivity contribution in [2.45, 2.75) is 12.6 Å². The van der Waals surface area contributed by atoms with E-state index in [9.17, 15) is 4.79 Å². The maximum Gasteiger partial charge on any atom is 0.410 e. The number of carbonyl (C=O) groups is 1. The summed E-state index contributed by atoms with van der Waals surface area (Å²) in [6.45, 7) is 0.562. The minimum atomic E-state index is -0.390. The number of amides is 1. The monoisotopic (exact) mass is 241 g/mol. The van der Waals surface area contributed by atoms with E-state index in [0.717, 1.165) is 5.56 Å². The lowest BCUT2D eigenvalue weighted by atomic mass is 10.2. The van der Waals surface area contributed by atoms with Crippen molar-refractivity contribution in [3.05, 3.63) is 34.9 Å². The van der Waals surface area contributed by atoms with Crippen LogP contribution in [0.4, 0.5) is 4.79 Å². The van der Waals surface area contributed by atoms with Crippen molar-refractivity contribution in [3.8, 4) is 0 Å². The van der Waals surface area contributed by atoms with E-state index in [1.807, 2.05) is 12.1 Å². The molecule has 1 aliphatic rings.